The van der Waals surface area contributed by atoms with E-state index in [1.165, 1.54) is 18.3 Å². The molecule has 0 radical (unpaired) electrons. The Morgan fingerprint density at radius 2 is 1.64 bits per heavy atom. The molecule has 28 heavy (non-hydrogen) atoms. The Kier molecular flexibility index (Phi) is 8.88. The Bertz CT molecular complexity index is 891. The molecule has 0 atom stereocenters. The van der Waals surface area contributed by atoms with Gasteiger partial charge in [0.15, 0.2) is 0 Å². The van der Waals surface area contributed by atoms with Gasteiger partial charge < -0.3 is 9.47 Å². The molecule has 0 saturated carbocycles. The van der Waals surface area contributed by atoms with Gasteiger partial charge in [0.2, 0.25) is 5.96 Å². The SMILES string of the molecule is COc1cc(C=NNC(=N)NO)cc(OC)c1.Cc1ccc(S(=O)(=O)O)cc1. The maximum Gasteiger partial charge on any atom is 0.294 e. The minimum Gasteiger partial charge on any atom is -0.497 e. The molecule has 0 aliphatic rings. The lowest BCUT2D eigenvalue weighted by molar-refractivity contribution is 0.228. The Morgan fingerprint density at radius 1 is 1.11 bits per heavy atom. The summed E-state index contributed by atoms with van der Waals surface area (Å²) >= 11 is 0. The molecule has 0 aromatic heterocycles. The molecule has 5 N–H and O–H groups in total. The zero-order chi connectivity index (χ0) is 21.2. The van der Waals surface area contributed by atoms with Crippen LogP contribution in [0.3, 0.4) is 0 Å². The second kappa shape index (κ2) is 10.9. The third-order valence-corrected chi connectivity index (χ3v) is 4.06. The topological polar surface area (TPSA) is 153 Å². The smallest absolute Gasteiger partial charge is 0.294 e. The lowest BCUT2D eigenvalue weighted by Crippen LogP contribution is -2.30. The number of benzene rings is 2. The highest BCUT2D eigenvalue weighted by atomic mass is 32.2. The number of hydrogen-bond donors (Lipinski definition) is 5. The summed E-state index contributed by atoms with van der Waals surface area (Å²) in [6.07, 6.45) is 1.47. The molecular formula is C17H22N4O6S. The van der Waals surface area contributed by atoms with Crippen molar-refractivity contribution < 1.29 is 27.7 Å². The number of aryl methyl sites for hydroxylation is 1. The lowest BCUT2D eigenvalue weighted by atomic mass is 10.2. The van der Waals surface area contributed by atoms with E-state index in [2.05, 4.69) is 10.5 Å². The fraction of sp³-hybridized carbons (Fsp3) is 0.176. The van der Waals surface area contributed by atoms with Gasteiger partial charge in [0, 0.05) is 11.6 Å². The van der Waals surface area contributed by atoms with Crippen molar-refractivity contribution in [2.24, 2.45) is 5.10 Å². The maximum absolute atomic E-state index is 10.5. The number of hydroxylamine groups is 1. The molecule has 0 fully saturated rings. The number of rotatable bonds is 5. The number of ether oxygens (including phenoxy) is 2. The molecule has 152 valence electrons. The van der Waals surface area contributed by atoms with Crippen molar-refractivity contribution in [1.82, 2.24) is 10.9 Å². The fourth-order valence-electron chi connectivity index (χ4n) is 1.81. The first-order chi connectivity index (χ1) is 13.2. The summed E-state index contributed by atoms with van der Waals surface area (Å²) in [5.74, 6) is 0.957. The summed E-state index contributed by atoms with van der Waals surface area (Å²) in [4.78, 5) is -0.0666. The molecular weight excluding hydrogens is 388 g/mol. The maximum atomic E-state index is 10.5. The number of nitrogens with one attached hydrogen (secondary N) is 3. The monoisotopic (exact) mass is 410 g/mol. The summed E-state index contributed by atoms with van der Waals surface area (Å²) in [7, 11) is -0.910. The van der Waals surface area contributed by atoms with Crippen LogP contribution in [0.5, 0.6) is 11.5 Å². The number of hydrazone groups is 1. The first-order valence-corrected chi connectivity index (χ1v) is 9.18. The normalized spacial score (nSPS) is 10.6. The molecule has 0 aliphatic carbocycles. The van der Waals surface area contributed by atoms with Crippen LogP contribution >= 0.6 is 0 Å². The van der Waals surface area contributed by atoms with Gasteiger partial charge in [-0.15, -0.1) is 0 Å². The average molecular weight is 410 g/mol. The van der Waals surface area contributed by atoms with Crippen molar-refractivity contribution in [3.8, 4) is 11.5 Å². The van der Waals surface area contributed by atoms with Gasteiger partial charge in [-0.05, 0) is 31.2 Å². The summed E-state index contributed by atoms with van der Waals surface area (Å²) in [5.41, 5.74) is 5.56. The van der Waals surface area contributed by atoms with Crippen LogP contribution in [-0.4, -0.2) is 44.6 Å². The van der Waals surface area contributed by atoms with Crippen molar-refractivity contribution in [1.29, 1.82) is 5.41 Å². The second-order valence-corrected chi connectivity index (χ2v) is 6.71. The van der Waals surface area contributed by atoms with Gasteiger partial charge in [-0.25, -0.2) is 10.9 Å². The third-order valence-electron chi connectivity index (χ3n) is 3.19. The van der Waals surface area contributed by atoms with Crippen LogP contribution < -0.4 is 20.4 Å². The Balaban J connectivity index is 0.000000307. The zero-order valence-corrected chi connectivity index (χ0v) is 16.3. The van der Waals surface area contributed by atoms with Gasteiger partial charge in [-0.2, -0.15) is 13.5 Å². The van der Waals surface area contributed by atoms with Crippen LogP contribution in [0.15, 0.2) is 52.5 Å². The summed E-state index contributed by atoms with van der Waals surface area (Å²) in [5, 5.41) is 19.1. The van der Waals surface area contributed by atoms with Gasteiger partial charge in [-0.1, -0.05) is 17.7 Å². The molecule has 0 aliphatic heterocycles. The standard InChI is InChI=1S/C10H14N4O3.C7H8O3S/c1-16-8-3-7(4-9(5-8)17-2)6-12-13-10(11)14-15;1-6-2-4-7(5-3-6)11(8,9)10/h3-6,15H,1-2H3,(H3,11,13,14);2-5H,1H3,(H,8,9,10). The van der Waals surface area contributed by atoms with Gasteiger partial charge in [0.25, 0.3) is 10.1 Å². The molecule has 2 aromatic rings. The molecule has 0 heterocycles. The van der Waals surface area contributed by atoms with Gasteiger partial charge in [-0.3, -0.25) is 15.2 Å². The van der Waals surface area contributed by atoms with Crippen LogP contribution in [0, 0.1) is 12.3 Å². The van der Waals surface area contributed by atoms with E-state index in [9.17, 15) is 8.42 Å². The predicted molar refractivity (Wildman–Crippen MR) is 104 cm³/mol. The largest absolute Gasteiger partial charge is 0.497 e. The van der Waals surface area contributed by atoms with Gasteiger partial charge >= 0.3 is 0 Å². The van der Waals surface area contributed by atoms with E-state index in [0.717, 1.165) is 11.1 Å². The van der Waals surface area contributed by atoms with E-state index < -0.39 is 10.1 Å². The quantitative estimate of drug-likeness (QED) is 0.216. The molecule has 0 bridgehead atoms. The Morgan fingerprint density at radius 3 is 2.07 bits per heavy atom. The summed E-state index contributed by atoms with van der Waals surface area (Å²) in [6.45, 7) is 1.84. The van der Waals surface area contributed by atoms with E-state index >= 15 is 0 Å². The van der Waals surface area contributed by atoms with Gasteiger partial charge in [0.1, 0.15) is 11.5 Å². The highest BCUT2D eigenvalue weighted by molar-refractivity contribution is 7.85. The van der Waals surface area contributed by atoms with Crippen molar-refractivity contribution in [2.75, 3.05) is 14.2 Å². The molecule has 0 spiro atoms. The first kappa shape index (κ1) is 22.9. The first-order valence-electron chi connectivity index (χ1n) is 7.74. The summed E-state index contributed by atoms with van der Waals surface area (Å²) in [6, 6.07) is 11.2. The van der Waals surface area contributed by atoms with E-state index in [4.69, 9.17) is 24.6 Å². The molecule has 2 rings (SSSR count). The highest BCUT2D eigenvalue weighted by Gasteiger charge is 2.06. The van der Waals surface area contributed by atoms with Crippen molar-refractivity contribution in [3.63, 3.8) is 0 Å². The van der Waals surface area contributed by atoms with Crippen molar-refractivity contribution in [3.05, 3.63) is 53.6 Å². The Labute approximate surface area is 163 Å². The van der Waals surface area contributed by atoms with Crippen LogP contribution in [0.1, 0.15) is 11.1 Å². The summed E-state index contributed by atoms with van der Waals surface area (Å²) < 4.78 is 39.7. The molecule has 10 nitrogen and oxygen atoms in total. The van der Waals surface area contributed by atoms with Crippen LogP contribution in [-0.2, 0) is 10.1 Å². The minimum atomic E-state index is -4.02. The van der Waals surface area contributed by atoms with Crippen molar-refractivity contribution >= 4 is 22.3 Å². The lowest BCUT2D eigenvalue weighted by Gasteiger charge is -2.05. The predicted octanol–water partition coefficient (Wildman–Crippen LogP) is 1.78. The Hall–Kier alpha value is -3.15. The fourth-order valence-corrected chi connectivity index (χ4v) is 2.29. The van der Waals surface area contributed by atoms with Crippen molar-refractivity contribution in [2.45, 2.75) is 11.8 Å². The van der Waals surface area contributed by atoms with E-state index in [1.807, 2.05) is 6.92 Å². The van der Waals surface area contributed by atoms with Gasteiger partial charge in [0.05, 0.1) is 25.3 Å². The average Bonchev–Trinajstić information content (AvgIpc) is 2.67. The van der Waals surface area contributed by atoms with Crippen LogP contribution in [0.2, 0.25) is 0 Å². The number of guanidine groups is 1. The van der Waals surface area contributed by atoms with Crippen LogP contribution in [0.4, 0.5) is 0 Å². The molecule has 0 unspecified atom stereocenters. The molecule has 2 aromatic carbocycles. The van der Waals surface area contributed by atoms with E-state index in [1.54, 1.807) is 50.0 Å². The molecule has 0 saturated heterocycles. The van der Waals surface area contributed by atoms with E-state index in [-0.39, 0.29) is 10.9 Å². The molecule has 11 heteroatoms. The highest BCUT2D eigenvalue weighted by Crippen LogP contribution is 2.21. The van der Waals surface area contributed by atoms with Crippen LogP contribution in [0.25, 0.3) is 0 Å². The van der Waals surface area contributed by atoms with E-state index in [0.29, 0.717) is 11.5 Å². The minimum absolute atomic E-state index is 0.0666. The number of hydrogen-bond acceptors (Lipinski definition) is 7. The number of nitrogens with zero attached hydrogens (tertiary/aromatic N) is 1. The zero-order valence-electron chi connectivity index (χ0n) is 15.5. The third kappa shape index (κ3) is 8.03. The number of methoxy groups -OCH3 is 2. The second-order valence-electron chi connectivity index (χ2n) is 5.29. The molecule has 0 amide bonds.